The summed E-state index contributed by atoms with van der Waals surface area (Å²) in [6, 6.07) is 0. The molecule has 1 saturated heterocycles. The Kier molecular flexibility index (Phi) is 7.68. The topological polar surface area (TPSA) is 177 Å². The summed E-state index contributed by atoms with van der Waals surface area (Å²) in [6.45, 7) is -0.776. The number of hydroxylamine groups is 2. The second kappa shape index (κ2) is 9.99. The molecule has 1 aliphatic heterocycles. The number of aliphatic hydroxyl groups is 2. The molecule has 0 aliphatic carbocycles. The van der Waals surface area contributed by atoms with E-state index in [0.29, 0.717) is 5.06 Å². The van der Waals surface area contributed by atoms with Gasteiger partial charge in [-0.25, -0.2) is 9.86 Å². The Balaban J connectivity index is 2.07. The Morgan fingerprint density at radius 1 is 1.48 bits per heavy atom. The van der Waals surface area contributed by atoms with E-state index < -0.39 is 42.6 Å². The van der Waals surface area contributed by atoms with Gasteiger partial charge in [0.15, 0.2) is 0 Å². The van der Waals surface area contributed by atoms with Gasteiger partial charge in [0.25, 0.3) is 0 Å². The van der Waals surface area contributed by atoms with E-state index in [1.165, 1.54) is 13.3 Å². The van der Waals surface area contributed by atoms with Crippen LogP contribution >= 0.6 is 0 Å². The predicted octanol–water partition coefficient (Wildman–Crippen LogP) is -2.01. The van der Waals surface area contributed by atoms with Crippen molar-refractivity contribution in [2.45, 2.75) is 37.7 Å². The van der Waals surface area contributed by atoms with Crippen molar-refractivity contribution in [2.75, 3.05) is 26.0 Å². The summed E-state index contributed by atoms with van der Waals surface area (Å²) in [5.74, 6) is 3.65. The molecular formula is C17H22N4O8. The quantitative estimate of drug-likeness (QED) is 0.177. The molecule has 12 heteroatoms. The van der Waals surface area contributed by atoms with Gasteiger partial charge in [-0.3, -0.25) is 19.4 Å². The van der Waals surface area contributed by atoms with Crippen LogP contribution in [0.25, 0.3) is 0 Å². The Labute approximate surface area is 165 Å². The Hall–Kier alpha value is -2.98. The van der Waals surface area contributed by atoms with Gasteiger partial charge in [0, 0.05) is 19.0 Å². The maximum absolute atomic E-state index is 12.1. The van der Waals surface area contributed by atoms with E-state index in [-0.39, 0.29) is 37.2 Å². The number of nitrogens with two attached hydrogens (primary N) is 1. The van der Waals surface area contributed by atoms with Gasteiger partial charge >= 0.3 is 11.7 Å². The van der Waals surface area contributed by atoms with Gasteiger partial charge < -0.3 is 25.4 Å². The summed E-state index contributed by atoms with van der Waals surface area (Å²) in [5.41, 5.74) is 5.12. The highest BCUT2D eigenvalue weighted by atomic mass is 16.5. The van der Waals surface area contributed by atoms with Crippen molar-refractivity contribution in [3.05, 3.63) is 22.2 Å². The van der Waals surface area contributed by atoms with E-state index in [1.807, 2.05) is 0 Å². The molecule has 1 aromatic heterocycles. The zero-order valence-corrected chi connectivity index (χ0v) is 15.6. The minimum Gasteiger partial charge on any atom is -0.469 e. The van der Waals surface area contributed by atoms with Crippen LogP contribution in [0.3, 0.4) is 0 Å². The van der Waals surface area contributed by atoms with Crippen LogP contribution in [-0.4, -0.2) is 74.4 Å². The lowest BCUT2D eigenvalue weighted by Gasteiger charge is -2.15. The van der Waals surface area contributed by atoms with Crippen molar-refractivity contribution >= 4 is 17.7 Å². The second-order valence-corrected chi connectivity index (χ2v) is 6.17. The molecule has 1 aromatic rings. The molecule has 0 aromatic carbocycles. The highest BCUT2D eigenvalue weighted by Gasteiger charge is 2.35. The fourth-order valence-corrected chi connectivity index (χ4v) is 2.57. The molecule has 1 aliphatic rings. The van der Waals surface area contributed by atoms with E-state index in [0.717, 1.165) is 4.57 Å². The van der Waals surface area contributed by atoms with Gasteiger partial charge in [0.1, 0.15) is 24.7 Å². The average Bonchev–Trinajstić information content (AvgIpc) is 3.07. The minimum absolute atomic E-state index is 0.0721. The highest BCUT2D eigenvalue weighted by molar-refractivity contribution is 5.80. The van der Waals surface area contributed by atoms with Crippen molar-refractivity contribution in [1.82, 2.24) is 14.6 Å². The summed E-state index contributed by atoms with van der Waals surface area (Å²) < 4.78 is 10.9. The van der Waals surface area contributed by atoms with Gasteiger partial charge in [0.05, 0.1) is 31.8 Å². The lowest BCUT2D eigenvalue weighted by atomic mass is 10.2. The second-order valence-electron chi connectivity index (χ2n) is 6.17. The van der Waals surface area contributed by atoms with E-state index >= 15 is 0 Å². The largest absolute Gasteiger partial charge is 0.469 e. The summed E-state index contributed by atoms with van der Waals surface area (Å²) in [7, 11) is 1.19. The summed E-state index contributed by atoms with van der Waals surface area (Å²) in [6.07, 6.45) is -1.67. The SMILES string of the molecule is COC(=O)CCC(=O)N(O)CC#Cc1cn([C@H]2C[C@H](O)[C@@H](CO)O2)c(=O)nc1N. The number of anilines is 1. The Morgan fingerprint density at radius 3 is 2.83 bits per heavy atom. The van der Waals surface area contributed by atoms with E-state index in [9.17, 15) is 24.7 Å². The average molecular weight is 410 g/mol. The van der Waals surface area contributed by atoms with Crippen molar-refractivity contribution in [1.29, 1.82) is 0 Å². The molecule has 12 nitrogen and oxygen atoms in total. The molecule has 29 heavy (non-hydrogen) atoms. The van der Waals surface area contributed by atoms with Crippen LogP contribution in [0.15, 0.2) is 11.0 Å². The molecule has 2 rings (SSSR count). The van der Waals surface area contributed by atoms with Crippen LogP contribution in [0.5, 0.6) is 0 Å². The standard InChI is InChI=1S/C17H22N4O8/c1-28-15(25)5-4-13(24)21(27)6-2-3-10-8-20(17(26)19-16(10)18)14-7-11(23)12(9-22)29-14/h8,11-12,14,22-23,27H,4-7,9H2,1H3,(H2,18,19,26)/t11-,12+,14+/m0/s1. The summed E-state index contributed by atoms with van der Waals surface area (Å²) in [5, 5.41) is 29.0. The molecule has 0 spiro atoms. The zero-order valence-electron chi connectivity index (χ0n) is 15.6. The number of methoxy groups -OCH3 is 1. The van der Waals surface area contributed by atoms with Crippen LogP contribution < -0.4 is 11.4 Å². The number of carbonyl (C=O) groups excluding carboxylic acids is 2. The number of nitrogens with zero attached hydrogens (tertiary/aromatic N) is 3. The number of hydrogen-bond donors (Lipinski definition) is 4. The molecular weight excluding hydrogens is 388 g/mol. The molecule has 1 fully saturated rings. The summed E-state index contributed by atoms with van der Waals surface area (Å²) >= 11 is 0. The maximum Gasteiger partial charge on any atom is 0.351 e. The number of carbonyl (C=O) groups is 2. The van der Waals surface area contributed by atoms with Crippen molar-refractivity contribution in [3.63, 3.8) is 0 Å². The van der Waals surface area contributed by atoms with Gasteiger partial charge in [-0.1, -0.05) is 11.8 Å². The number of nitrogen functional groups attached to an aromatic ring is 1. The first kappa shape index (κ1) is 22.3. The first-order valence-corrected chi connectivity index (χ1v) is 8.64. The van der Waals surface area contributed by atoms with Crippen LogP contribution in [0, 0.1) is 11.8 Å². The minimum atomic E-state index is -0.942. The number of aliphatic hydroxyl groups excluding tert-OH is 2. The molecule has 1 amide bonds. The first-order chi connectivity index (χ1) is 13.8. The van der Waals surface area contributed by atoms with Gasteiger partial charge in [0.2, 0.25) is 5.91 Å². The van der Waals surface area contributed by atoms with Crippen molar-refractivity contribution in [2.24, 2.45) is 0 Å². The van der Waals surface area contributed by atoms with Crippen LogP contribution in [0.4, 0.5) is 5.82 Å². The smallest absolute Gasteiger partial charge is 0.351 e. The molecule has 3 atom stereocenters. The predicted molar refractivity (Wildman–Crippen MR) is 96.2 cm³/mol. The molecule has 158 valence electrons. The number of esters is 1. The monoisotopic (exact) mass is 410 g/mol. The van der Waals surface area contributed by atoms with Crippen LogP contribution in [0.1, 0.15) is 31.1 Å². The fraction of sp³-hybridized carbons (Fsp3) is 0.529. The first-order valence-electron chi connectivity index (χ1n) is 8.64. The molecule has 2 heterocycles. The third-order valence-electron chi connectivity index (χ3n) is 4.19. The zero-order chi connectivity index (χ0) is 21.6. The van der Waals surface area contributed by atoms with E-state index in [2.05, 4.69) is 21.6 Å². The molecule has 5 N–H and O–H groups in total. The van der Waals surface area contributed by atoms with Gasteiger partial charge in [-0.2, -0.15) is 4.98 Å². The maximum atomic E-state index is 12.1. The fourth-order valence-electron chi connectivity index (χ4n) is 2.57. The number of amides is 1. The van der Waals surface area contributed by atoms with Gasteiger partial charge in [-0.15, -0.1) is 0 Å². The normalized spacial score (nSPS) is 20.6. The summed E-state index contributed by atoms with van der Waals surface area (Å²) in [4.78, 5) is 38.4. The van der Waals surface area contributed by atoms with E-state index in [4.69, 9.17) is 15.6 Å². The third-order valence-corrected chi connectivity index (χ3v) is 4.19. The number of ether oxygens (including phenoxy) is 2. The lowest BCUT2D eigenvalue weighted by Crippen LogP contribution is -2.29. The van der Waals surface area contributed by atoms with Crippen LogP contribution in [0.2, 0.25) is 0 Å². The molecule has 0 bridgehead atoms. The highest BCUT2D eigenvalue weighted by Crippen LogP contribution is 2.27. The van der Waals surface area contributed by atoms with Gasteiger partial charge in [-0.05, 0) is 0 Å². The Bertz CT molecular complexity index is 874. The molecule has 0 unspecified atom stereocenters. The number of aromatic nitrogens is 2. The van der Waals surface area contributed by atoms with Crippen LogP contribution in [-0.2, 0) is 19.1 Å². The number of rotatable bonds is 6. The lowest BCUT2D eigenvalue weighted by molar-refractivity contribution is -0.164. The van der Waals surface area contributed by atoms with Crippen molar-refractivity contribution in [3.8, 4) is 11.8 Å². The van der Waals surface area contributed by atoms with E-state index in [1.54, 1.807) is 0 Å². The Morgan fingerprint density at radius 2 is 2.21 bits per heavy atom. The van der Waals surface area contributed by atoms with Crippen molar-refractivity contribution < 1.29 is 34.5 Å². The molecule has 0 radical (unpaired) electrons. The molecule has 0 saturated carbocycles. The number of hydrogen-bond acceptors (Lipinski definition) is 10. The third kappa shape index (κ3) is 5.75.